The Hall–Kier alpha value is -4.39. The van der Waals surface area contributed by atoms with Gasteiger partial charge in [0.15, 0.2) is 21.2 Å². The number of hydrogen-bond donors (Lipinski definition) is 0. The van der Waals surface area contributed by atoms with Gasteiger partial charge in [-0.3, -0.25) is 0 Å². The summed E-state index contributed by atoms with van der Waals surface area (Å²) in [6.07, 6.45) is 1.24. The monoisotopic (exact) mass is 513 g/mol. The molecular formula is C23H17F2N5O5S. The molecule has 0 N–H and O–H groups in total. The number of rotatable bonds is 7. The Morgan fingerprint density at radius 1 is 1.06 bits per heavy atom. The van der Waals surface area contributed by atoms with Crippen LogP contribution in [-0.4, -0.2) is 45.3 Å². The van der Waals surface area contributed by atoms with E-state index in [9.17, 15) is 22.0 Å². The van der Waals surface area contributed by atoms with Crippen LogP contribution < -0.4 is 10.4 Å². The molecule has 5 aromatic rings. The molecule has 0 amide bonds. The summed E-state index contributed by atoms with van der Waals surface area (Å²) in [5, 5.41) is 4.06. The average molecular weight is 513 g/mol. The van der Waals surface area contributed by atoms with Crippen LogP contribution in [0, 0.1) is 5.82 Å². The van der Waals surface area contributed by atoms with E-state index in [2.05, 4.69) is 15.1 Å². The molecule has 0 aliphatic rings. The second-order valence-electron chi connectivity index (χ2n) is 7.49. The minimum absolute atomic E-state index is 0.00891. The molecule has 10 nitrogen and oxygen atoms in total. The summed E-state index contributed by atoms with van der Waals surface area (Å²) in [6, 6.07) is 12.3. The van der Waals surface area contributed by atoms with Gasteiger partial charge >= 0.3 is 5.69 Å². The topological polar surface area (TPSA) is 122 Å². The number of fused-ring (bicyclic) bond motifs is 1. The molecule has 0 aliphatic heterocycles. The first kappa shape index (κ1) is 23.4. The summed E-state index contributed by atoms with van der Waals surface area (Å²) in [5.41, 5.74) is 0.226. The molecule has 0 unspecified atom stereocenters. The fourth-order valence-electron chi connectivity index (χ4n) is 3.52. The molecule has 36 heavy (non-hydrogen) atoms. The predicted octanol–water partition coefficient (Wildman–Crippen LogP) is 3.46. The van der Waals surface area contributed by atoms with Gasteiger partial charge in [-0.2, -0.15) is 9.78 Å². The van der Waals surface area contributed by atoms with Crippen LogP contribution in [0.2, 0.25) is 0 Å². The highest BCUT2D eigenvalue weighted by molar-refractivity contribution is 7.91. The third-order valence-corrected chi connectivity index (χ3v) is 7.09. The summed E-state index contributed by atoms with van der Waals surface area (Å²) in [7, 11) is -3.77. The van der Waals surface area contributed by atoms with Gasteiger partial charge in [0, 0.05) is 6.07 Å². The van der Waals surface area contributed by atoms with Gasteiger partial charge < -0.3 is 9.15 Å². The van der Waals surface area contributed by atoms with Gasteiger partial charge in [0.05, 0.1) is 16.3 Å². The first-order valence-electron chi connectivity index (χ1n) is 10.6. The van der Waals surface area contributed by atoms with Crippen molar-refractivity contribution in [3.05, 3.63) is 77.2 Å². The quantitative estimate of drug-likeness (QED) is 0.324. The molecular weight excluding hydrogens is 496 g/mol. The maximum Gasteiger partial charge on any atom is 0.356 e. The molecule has 184 valence electrons. The van der Waals surface area contributed by atoms with Gasteiger partial charge in [0.1, 0.15) is 29.1 Å². The summed E-state index contributed by atoms with van der Waals surface area (Å²) in [6.45, 7) is 0.451. The van der Waals surface area contributed by atoms with Crippen molar-refractivity contribution < 1.29 is 26.4 Å². The second kappa shape index (κ2) is 9.00. The lowest BCUT2D eigenvalue weighted by atomic mass is 10.3. The number of nitrogens with zero attached hydrogens (tertiary/aromatic N) is 5. The molecule has 0 aliphatic carbocycles. The maximum atomic E-state index is 13.3. The fourth-order valence-corrected chi connectivity index (χ4v) is 4.53. The lowest BCUT2D eigenvalue weighted by Crippen LogP contribution is -2.23. The van der Waals surface area contributed by atoms with E-state index >= 15 is 0 Å². The van der Waals surface area contributed by atoms with Crippen molar-refractivity contribution in [2.45, 2.75) is 11.8 Å². The smallest absolute Gasteiger partial charge is 0.356 e. The van der Waals surface area contributed by atoms with Crippen molar-refractivity contribution in [3.63, 3.8) is 0 Å². The van der Waals surface area contributed by atoms with Crippen molar-refractivity contribution in [2.24, 2.45) is 0 Å². The third kappa shape index (κ3) is 4.13. The number of hydrogen-bond acceptors (Lipinski definition) is 8. The minimum atomic E-state index is -3.77. The molecule has 0 radical (unpaired) electrons. The number of halogens is 2. The molecule has 0 fully saturated rings. The van der Waals surface area contributed by atoms with Crippen LogP contribution >= 0.6 is 0 Å². The van der Waals surface area contributed by atoms with E-state index in [1.807, 2.05) is 0 Å². The largest absolute Gasteiger partial charge is 0.463 e. The maximum absolute atomic E-state index is 13.3. The Kier molecular flexibility index (Phi) is 5.84. The van der Waals surface area contributed by atoms with Crippen molar-refractivity contribution in [3.8, 4) is 28.8 Å². The first-order valence-corrected chi connectivity index (χ1v) is 12.2. The van der Waals surface area contributed by atoms with E-state index in [0.717, 1.165) is 4.68 Å². The van der Waals surface area contributed by atoms with Gasteiger partial charge in [-0.25, -0.2) is 36.5 Å². The molecule has 0 atom stereocenters. The summed E-state index contributed by atoms with van der Waals surface area (Å²) in [4.78, 5) is 21.5. The molecule has 5 rings (SSSR count). The highest BCUT2D eigenvalue weighted by Gasteiger charge is 2.25. The van der Waals surface area contributed by atoms with E-state index in [0.29, 0.717) is 16.8 Å². The highest BCUT2D eigenvalue weighted by Crippen LogP contribution is 2.31. The molecule has 0 saturated heterocycles. The number of sulfone groups is 1. The zero-order valence-electron chi connectivity index (χ0n) is 18.6. The van der Waals surface area contributed by atoms with Crippen LogP contribution in [0.1, 0.15) is 6.92 Å². The van der Waals surface area contributed by atoms with Gasteiger partial charge in [-0.1, -0.05) is 6.92 Å². The van der Waals surface area contributed by atoms with Gasteiger partial charge in [0.25, 0.3) is 0 Å². The lowest BCUT2D eigenvalue weighted by molar-refractivity contribution is 0.192. The van der Waals surface area contributed by atoms with Gasteiger partial charge in [-0.05, 0) is 48.5 Å². The van der Waals surface area contributed by atoms with Crippen molar-refractivity contribution in [1.82, 2.24) is 24.3 Å². The molecule has 0 saturated carbocycles. The normalized spacial score (nSPS) is 11.8. The van der Waals surface area contributed by atoms with Crippen LogP contribution in [0.5, 0.6) is 5.75 Å². The van der Waals surface area contributed by atoms with Crippen LogP contribution in [0.25, 0.3) is 34.2 Å². The molecule has 13 heteroatoms. The Balaban J connectivity index is 1.66. The van der Waals surface area contributed by atoms with Crippen molar-refractivity contribution in [1.29, 1.82) is 0 Å². The summed E-state index contributed by atoms with van der Waals surface area (Å²) >= 11 is 0. The Labute approximate surface area is 202 Å². The average Bonchev–Trinajstić information content (AvgIpc) is 3.47. The van der Waals surface area contributed by atoms with E-state index in [1.165, 1.54) is 72.4 Å². The first-order chi connectivity index (χ1) is 17.3. The molecule has 3 heterocycles. The molecule has 2 aromatic carbocycles. The molecule has 3 aromatic heterocycles. The SMILES string of the molecule is CCS(=O)(=O)c1ccc(-n2ncn(-c3ccc(F)cc3)c2=O)nc1-c1nc2cc(OCF)ccc2o1. The standard InChI is InChI=1S/C23H17F2N5O5S/c1-2-36(32,33)19-9-10-20(30-23(31)29(13-26-30)15-5-3-14(25)4-6-15)28-21(19)22-27-17-11-16(34-12-24)7-8-18(17)35-22/h3-11,13H,2,12H2,1H3. The third-order valence-electron chi connectivity index (χ3n) is 5.33. The predicted molar refractivity (Wildman–Crippen MR) is 124 cm³/mol. The van der Waals surface area contributed by atoms with E-state index in [-0.39, 0.29) is 33.8 Å². The lowest BCUT2D eigenvalue weighted by Gasteiger charge is -2.08. The summed E-state index contributed by atoms with van der Waals surface area (Å²) in [5.74, 6) is -0.572. The number of pyridine rings is 1. The fraction of sp³-hybridized carbons (Fsp3) is 0.130. The van der Waals surface area contributed by atoms with E-state index < -0.39 is 28.2 Å². The van der Waals surface area contributed by atoms with Crippen LogP contribution in [0.15, 0.2) is 75.0 Å². The second-order valence-corrected chi connectivity index (χ2v) is 9.74. The number of ether oxygens (including phenoxy) is 1. The number of alkyl halides is 1. The molecule has 0 spiro atoms. The molecule has 0 bridgehead atoms. The Morgan fingerprint density at radius 3 is 2.56 bits per heavy atom. The number of benzene rings is 2. The minimum Gasteiger partial charge on any atom is -0.463 e. The number of oxazole rings is 1. The van der Waals surface area contributed by atoms with Crippen LogP contribution in [-0.2, 0) is 9.84 Å². The van der Waals surface area contributed by atoms with Crippen LogP contribution in [0.4, 0.5) is 8.78 Å². The van der Waals surface area contributed by atoms with Crippen molar-refractivity contribution >= 4 is 20.9 Å². The summed E-state index contributed by atoms with van der Waals surface area (Å²) < 4.78 is 64.1. The van der Waals surface area contributed by atoms with Gasteiger partial charge in [-0.15, -0.1) is 0 Å². The Morgan fingerprint density at radius 2 is 1.83 bits per heavy atom. The van der Waals surface area contributed by atoms with Gasteiger partial charge in [0.2, 0.25) is 12.8 Å². The number of aromatic nitrogens is 5. The van der Waals surface area contributed by atoms with Crippen molar-refractivity contribution in [2.75, 3.05) is 12.6 Å². The van der Waals surface area contributed by atoms with E-state index in [4.69, 9.17) is 9.15 Å². The zero-order valence-corrected chi connectivity index (χ0v) is 19.4. The van der Waals surface area contributed by atoms with Crippen LogP contribution in [0.3, 0.4) is 0 Å². The highest BCUT2D eigenvalue weighted by atomic mass is 32.2. The van der Waals surface area contributed by atoms with E-state index in [1.54, 1.807) is 0 Å². The zero-order chi connectivity index (χ0) is 25.4. The Bertz CT molecular complexity index is 1740.